The molecule has 6 N–H and O–H groups in total. The lowest BCUT2D eigenvalue weighted by atomic mass is 10.00. The Morgan fingerprint density at radius 1 is 1.02 bits per heavy atom. The Balaban J connectivity index is 0.00000420. The number of halogens is 3. The van der Waals surface area contributed by atoms with Crippen molar-refractivity contribution in [3.8, 4) is 0 Å². The highest BCUT2D eigenvalue weighted by atomic mass is 35.5. The smallest absolute Gasteiger partial charge is 0.328 e. The maximum atomic E-state index is 13.1. The van der Waals surface area contributed by atoms with Crippen molar-refractivity contribution in [3.05, 3.63) is 87.6 Å². The minimum absolute atomic E-state index is 0. The number of rotatable bonds is 16. The topological polar surface area (TPSA) is 188 Å². The summed E-state index contributed by atoms with van der Waals surface area (Å²) in [7, 11) is 0. The van der Waals surface area contributed by atoms with E-state index in [1.807, 2.05) is 76.2 Å². The Hall–Kier alpha value is -4.09. The van der Waals surface area contributed by atoms with E-state index in [0.29, 0.717) is 64.8 Å². The first-order valence-electron chi connectivity index (χ1n) is 17.9. The van der Waals surface area contributed by atoms with Crippen molar-refractivity contribution in [1.82, 2.24) is 25.2 Å². The minimum atomic E-state index is -1.47. The molecule has 1 aliphatic heterocycles. The van der Waals surface area contributed by atoms with E-state index in [1.54, 1.807) is 6.07 Å². The number of nitrogens with two attached hydrogens (primary N) is 1. The Bertz CT molecular complexity index is 1880. The first-order chi connectivity index (χ1) is 25.9. The van der Waals surface area contributed by atoms with Gasteiger partial charge in [0.15, 0.2) is 5.13 Å². The molecule has 1 fully saturated rings. The van der Waals surface area contributed by atoms with Crippen molar-refractivity contribution in [2.24, 2.45) is 11.7 Å². The zero-order valence-electron chi connectivity index (χ0n) is 31.7. The summed E-state index contributed by atoms with van der Waals surface area (Å²) in [4.78, 5) is 57.2. The van der Waals surface area contributed by atoms with Crippen LogP contribution in [0.4, 0.5) is 22.5 Å². The summed E-state index contributed by atoms with van der Waals surface area (Å²) < 4.78 is 5.61. The summed E-state index contributed by atoms with van der Waals surface area (Å²) in [6.07, 6.45) is 0.715. The minimum Gasteiger partial charge on any atom is -0.463 e. The quantitative estimate of drug-likeness (QED) is 0.0933. The molecule has 1 saturated heterocycles. The third-order valence-corrected chi connectivity index (χ3v) is 10.1. The van der Waals surface area contributed by atoms with E-state index in [0.717, 1.165) is 30.0 Å². The van der Waals surface area contributed by atoms with E-state index in [9.17, 15) is 19.5 Å². The number of nitrogens with zero attached hydrogens (tertiary/aromatic N) is 5. The fourth-order valence-electron chi connectivity index (χ4n) is 6.00. The fourth-order valence-corrected chi connectivity index (χ4v) is 6.99. The van der Waals surface area contributed by atoms with Gasteiger partial charge in [-0.1, -0.05) is 79.2 Å². The number of carbonyl (C=O) groups excluding carboxylic acids is 3. The van der Waals surface area contributed by atoms with Crippen LogP contribution >= 0.6 is 47.8 Å². The van der Waals surface area contributed by atoms with Gasteiger partial charge in [-0.25, -0.2) is 19.7 Å². The molecular formula is C38H50Cl3N9O5S. The van der Waals surface area contributed by atoms with E-state index in [2.05, 4.69) is 40.7 Å². The zero-order chi connectivity index (χ0) is 38.8. The van der Waals surface area contributed by atoms with Crippen LogP contribution in [0.15, 0.2) is 60.8 Å². The van der Waals surface area contributed by atoms with Crippen molar-refractivity contribution in [2.75, 3.05) is 54.9 Å². The van der Waals surface area contributed by atoms with Crippen molar-refractivity contribution in [1.29, 1.82) is 0 Å². The normalized spacial score (nSPS) is 14.5. The van der Waals surface area contributed by atoms with Gasteiger partial charge in [-0.15, -0.1) is 24.8 Å². The van der Waals surface area contributed by atoms with Crippen molar-refractivity contribution >= 4 is 88.0 Å². The Morgan fingerprint density at radius 3 is 2.41 bits per heavy atom. The largest absolute Gasteiger partial charge is 0.463 e. The van der Waals surface area contributed by atoms with E-state index in [4.69, 9.17) is 22.1 Å². The third-order valence-electron chi connectivity index (χ3n) is 8.89. The van der Waals surface area contributed by atoms with Gasteiger partial charge in [0.05, 0.1) is 16.9 Å². The maximum Gasteiger partial charge on any atom is 0.328 e. The number of aliphatic hydroxyl groups excluding tert-OH is 1. The molecule has 3 heterocycles. The van der Waals surface area contributed by atoms with Crippen LogP contribution in [-0.2, 0) is 20.7 Å². The number of anilines is 4. The average Bonchev–Trinajstić information content (AvgIpc) is 3.61. The van der Waals surface area contributed by atoms with Crippen LogP contribution in [0.5, 0.6) is 0 Å². The highest BCUT2D eigenvalue weighted by molar-refractivity contribution is 7.17. The van der Waals surface area contributed by atoms with Crippen LogP contribution in [0.2, 0.25) is 5.02 Å². The number of aryl methyl sites for hydroxylation is 2. The Labute approximate surface area is 348 Å². The van der Waals surface area contributed by atoms with Crippen LogP contribution in [0.1, 0.15) is 46.9 Å². The van der Waals surface area contributed by atoms with Gasteiger partial charge in [-0.05, 0) is 49.8 Å². The third kappa shape index (κ3) is 13.3. The Morgan fingerprint density at radius 2 is 1.73 bits per heavy atom. The second-order valence-corrected chi connectivity index (χ2v) is 15.1. The van der Waals surface area contributed by atoms with E-state index in [-0.39, 0.29) is 43.2 Å². The number of benzene rings is 2. The van der Waals surface area contributed by atoms with Gasteiger partial charge in [-0.3, -0.25) is 14.5 Å². The van der Waals surface area contributed by atoms with Gasteiger partial charge in [0.2, 0.25) is 0 Å². The first kappa shape index (κ1) is 46.3. The molecule has 0 aliphatic carbocycles. The molecule has 304 valence electrons. The molecule has 5 rings (SSSR count). The predicted molar refractivity (Wildman–Crippen MR) is 226 cm³/mol. The first-order valence-corrected chi connectivity index (χ1v) is 19.1. The number of hydrogen-bond donors (Lipinski definition) is 5. The molecule has 0 bridgehead atoms. The lowest BCUT2D eigenvalue weighted by molar-refractivity contribution is -0.150. The van der Waals surface area contributed by atoms with Gasteiger partial charge < -0.3 is 36.4 Å². The standard InChI is InChI=1S/C38H48ClN9O5S.2ClH/c1-23(2)19-29(44-36(51)34(49)28(40)20-26-10-6-5-7-11-26)37(52)53-18-17-47-13-15-48(16-14-47)32-21-31(42-25(4)43-32)45-38-41-22-30(54-38)35(50)46-33-24(3)9-8-12-27(33)39;;/h5-12,21-23,28-29,34,49H,13-20,40H2,1-4H3,(H,44,51)(H,46,50)(H,41,42,43,45);2*1H/t28-,29+,34+;;/m1../s1. The SMILES string of the molecule is Cc1nc(Nc2ncc(C(=O)Nc3c(C)cccc3Cl)s2)cc(N2CCN(CCOC(=O)[C@H](CC(C)C)NC(=O)[C@@H](O)[C@H](N)Cc3ccccc3)CC2)n1.Cl.Cl. The second kappa shape index (κ2) is 22.0. The molecule has 2 aromatic heterocycles. The van der Waals surface area contributed by atoms with Gasteiger partial charge in [0.25, 0.3) is 11.8 Å². The van der Waals surface area contributed by atoms with Crippen molar-refractivity contribution < 1.29 is 24.2 Å². The summed E-state index contributed by atoms with van der Waals surface area (Å²) in [5.41, 5.74) is 8.46. The second-order valence-electron chi connectivity index (χ2n) is 13.7. The summed E-state index contributed by atoms with van der Waals surface area (Å²) >= 11 is 7.48. The number of amides is 2. The molecule has 14 nitrogen and oxygen atoms in total. The van der Waals surface area contributed by atoms with Gasteiger partial charge in [0.1, 0.15) is 41.1 Å². The molecule has 18 heteroatoms. The Kier molecular flexibility index (Phi) is 18.2. The van der Waals surface area contributed by atoms with Crippen LogP contribution in [0, 0.1) is 19.8 Å². The van der Waals surface area contributed by atoms with Crippen molar-refractivity contribution in [3.63, 3.8) is 0 Å². The van der Waals surface area contributed by atoms with Gasteiger partial charge in [-0.2, -0.15) is 0 Å². The van der Waals surface area contributed by atoms with Gasteiger partial charge >= 0.3 is 5.97 Å². The van der Waals surface area contributed by atoms with Crippen LogP contribution < -0.4 is 26.6 Å². The number of aliphatic hydroxyl groups is 1. The molecule has 1 aliphatic rings. The van der Waals surface area contributed by atoms with E-state index >= 15 is 0 Å². The van der Waals surface area contributed by atoms with Gasteiger partial charge in [0, 0.05) is 44.8 Å². The molecule has 0 radical (unpaired) electrons. The average molecular weight is 851 g/mol. The molecule has 2 amide bonds. The lowest BCUT2D eigenvalue weighted by Gasteiger charge is -2.35. The lowest BCUT2D eigenvalue weighted by Crippen LogP contribution is -2.52. The van der Waals surface area contributed by atoms with Crippen molar-refractivity contribution in [2.45, 2.75) is 58.7 Å². The molecule has 4 aromatic rings. The number of nitrogens with one attached hydrogen (secondary N) is 3. The molecule has 56 heavy (non-hydrogen) atoms. The number of para-hydroxylation sites is 1. The summed E-state index contributed by atoms with van der Waals surface area (Å²) in [5.74, 6) is 0.463. The summed E-state index contributed by atoms with van der Waals surface area (Å²) in [6.45, 7) is 11.1. The van der Waals surface area contributed by atoms with Crippen LogP contribution in [0.3, 0.4) is 0 Å². The predicted octanol–water partition coefficient (Wildman–Crippen LogP) is 5.17. The zero-order valence-corrected chi connectivity index (χ0v) is 34.9. The number of hydrogen-bond acceptors (Lipinski definition) is 13. The summed E-state index contributed by atoms with van der Waals surface area (Å²) in [6, 6.07) is 14.9. The highest BCUT2D eigenvalue weighted by Gasteiger charge is 2.30. The highest BCUT2D eigenvalue weighted by Crippen LogP contribution is 2.28. The monoisotopic (exact) mass is 849 g/mol. The van der Waals surface area contributed by atoms with Crippen LogP contribution in [0.25, 0.3) is 0 Å². The van der Waals surface area contributed by atoms with E-state index in [1.165, 1.54) is 17.5 Å². The molecule has 0 saturated carbocycles. The fraction of sp³-hybridized carbons (Fsp3) is 0.421. The number of piperazine rings is 1. The maximum absolute atomic E-state index is 13.1. The molecule has 0 spiro atoms. The number of esters is 1. The molecule has 3 atom stereocenters. The van der Waals surface area contributed by atoms with E-state index < -0.39 is 30.1 Å². The molecular weight excluding hydrogens is 801 g/mol. The number of ether oxygens (including phenoxy) is 1. The number of carbonyl (C=O) groups is 3. The number of thiazole rings is 1. The molecule has 2 aromatic carbocycles. The number of aromatic nitrogens is 3. The summed E-state index contributed by atoms with van der Waals surface area (Å²) in [5, 5.41) is 20.3. The molecule has 0 unspecified atom stereocenters. The van der Waals surface area contributed by atoms with Crippen LogP contribution in [-0.4, -0.2) is 100 Å².